The zero-order chi connectivity index (χ0) is 10.4. The number of hydrogen-bond acceptors (Lipinski definition) is 3. The number of benzene rings is 1. The zero-order valence-electron chi connectivity index (χ0n) is 8.25. The molecule has 0 bridgehead atoms. The number of hydrogen-bond donors (Lipinski definition) is 1. The minimum absolute atomic E-state index is 0.0562. The first-order chi connectivity index (χ1) is 7.27. The van der Waals surface area contributed by atoms with Crippen LogP contribution in [0.3, 0.4) is 0 Å². The molecule has 4 heteroatoms. The number of nitrogens with two attached hydrogens (primary N) is 1. The van der Waals surface area contributed by atoms with Crippen molar-refractivity contribution in [2.24, 2.45) is 5.73 Å². The van der Waals surface area contributed by atoms with E-state index < -0.39 is 0 Å². The molecule has 2 heterocycles. The van der Waals surface area contributed by atoms with E-state index in [-0.39, 0.29) is 6.04 Å². The molecule has 2 aliphatic heterocycles. The first kappa shape index (κ1) is 9.82. The molecule has 15 heavy (non-hydrogen) atoms. The van der Waals surface area contributed by atoms with E-state index in [1.54, 1.807) is 0 Å². The highest BCUT2D eigenvalue weighted by Crippen LogP contribution is 2.44. The maximum absolute atomic E-state index is 6.28. The van der Waals surface area contributed by atoms with Crippen LogP contribution in [0.1, 0.15) is 22.7 Å². The third kappa shape index (κ3) is 1.45. The topological polar surface area (TPSA) is 35.2 Å². The van der Waals surface area contributed by atoms with Gasteiger partial charge in [0.25, 0.3) is 0 Å². The summed E-state index contributed by atoms with van der Waals surface area (Å²) in [6, 6.07) is 2.08. The molecule has 80 valence electrons. The Kier molecular flexibility index (Phi) is 2.34. The fraction of sp³-hybridized carbons (Fsp3) is 0.455. The summed E-state index contributed by atoms with van der Waals surface area (Å²) >= 11 is 8.13. The predicted molar refractivity (Wildman–Crippen MR) is 63.7 cm³/mol. The van der Waals surface area contributed by atoms with E-state index in [1.165, 1.54) is 11.1 Å². The molecule has 1 aromatic rings. The second-order valence-corrected chi connectivity index (χ2v) is 5.40. The highest BCUT2D eigenvalue weighted by Gasteiger charge is 2.27. The molecular formula is C11H12ClNOS. The zero-order valence-corrected chi connectivity index (χ0v) is 9.83. The monoisotopic (exact) mass is 241 g/mol. The Hall–Kier alpha value is -0.380. The summed E-state index contributed by atoms with van der Waals surface area (Å²) in [6.45, 7) is 0.780. The molecule has 3 rings (SSSR count). The number of thioether (sulfide) groups is 1. The lowest BCUT2D eigenvalue weighted by Crippen LogP contribution is -2.20. The maximum Gasteiger partial charge on any atom is 0.127 e. The number of ether oxygens (including phenoxy) is 1. The second-order valence-electron chi connectivity index (χ2n) is 3.96. The molecule has 0 fully saturated rings. The molecule has 0 saturated heterocycles. The molecule has 1 aromatic carbocycles. The highest BCUT2D eigenvalue weighted by atomic mass is 35.5. The summed E-state index contributed by atoms with van der Waals surface area (Å²) in [5.74, 6) is 2.98. The van der Waals surface area contributed by atoms with Gasteiger partial charge in [-0.2, -0.15) is 11.8 Å². The summed E-state index contributed by atoms with van der Waals surface area (Å²) in [6.07, 6.45) is 0.974. The molecule has 1 atom stereocenters. The minimum atomic E-state index is 0.0562. The van der Waals surface area contributed by atoms with Crippen molar-refractivity contribution in [1.82, 2.24) is 0 Å². The van der Waals surface area contributed by atoms with Gasteiger partial charge in [-0.05, 0) is 17.2 Å². The van der Waals surface area contributed by atoms with Crippen LogP contribution >= 0.6 is 23.4 Å². The average molecular weight is 242 g/mol. The molecule has 0 saturated carbocycles. The van der Waals surface area contributed by atoms with Crippen LogP contribution in [0.2, 0.25) is 5.02 Å². The van der Waals surface area contributed by atoms with Crippen molar-refractivity contribution in [3.63, 3.8) is 0 Å². The van der Waals surface area contributed by atoms with E-state index in [0.717, 1.165) is 40.9 Å². The van der Waals surface area contributed by atoms with Gasteiger partial charge in [0, 0.05) is 34.6 Å². The molecule has 2 aliphatic rings. The Labute approximate surface area is 98.1 Å². The van der Waals surface area contributed by atoms with Gasteiger partial charge in [0.1, 0.15) is 5.75 Å². The number of rotatable bonds is 0. The normalized spacial score (nSPS) is 23.2. The van der Waals surface area contributed by atoms with Crippen molar-refractivity contribution in [3.05, 3.63) is 27.8 Å². The summed E-state index contributed by atoms with van der Waals surface area (Å²) in [7, 11) is 0. The Morgan fingerprint density at radius 2 is 2.40 bits per heavy atom. The fourth-order valence-corrected chi connectivity index (χ4v) is 3.72. The predicted octanol–water partition coefficient (Wildman–Crippen LogP) is 2.52. The number of halogens is 1. The molecule has 0 spiro atoms. The van der Waals surface area contributed by atoms with Crippen molar-refractivity contribution in [2.45, 2.75) is 18.2 Å². The Morgan fingerprint density at radius 3 is 3.27 bits per heavy atom. The number of fused-ring (bicyclic) bond motifs is 3. The van der Waals surface area contributed by atoms with Gasteiger partial charge in [-0.1, -0.05) is 11.6 Å². The van der Waals surface area contributed by atoms with Crippen LogP contribution in [-0.2, 0) is 12.2 Å². The standard InChI is InChI=1S/C11H12ClNOS/c12-8-3-6-1-2-14-11(6)7-4-15-5-9(13)10(7)8/h3,9H,1-2,4-5,13H2. The fourth-order valence-electron chi connectivity index (χ4n) is 2.30. The smallest absolute Gasteiger partial charge is 0.127 e. The van der Waals surface area contributed by atoms with E-state index in [9.17, 15) is 0 Å². The molecule has 2 nitrogen and oxygen atoms in total. The summed E-state index contributed by atoms with van der Waals surface area (Å²) in [4.78, 5) is 0. The van der Waals surface area contributed by atoms with E-state index in [1.807, 2.05) is 17.8 Å². The van der Waals surface area contributed by atoms with Crippen molar-refractivity contribution < 1.29 is 4.74 Å². The first-order valence-corrected chi connectivity index (χ1v) is 6.61. The van der Waals surface area contributed by atoms with E-state index >= 15 is 0 Å². The molecule has 0 aromatic heterocycles. The lowest BCUT2D eigenvalue weighted by atomic mass is 9.98. The molecule has 1 unspecified atom stereocenters. The van der Waals surface area contributed by atoms with Gasteiger partial charge in [-0.3, -0.25) is 0 Å². The van der Waals surface area contributed by atoms with Crippen LogP contribution in [0.15, 0.2) is 6.07 Å². The lowest BCUT2D eigenvalue weighted by molar-refractivity contribution is 0.353. The van der Waals surface area contributed by atoms with Crippen LogP contribution < -0.4 is 10.5 Å². The summed E-state index contributed by atoms with van der Waals surface area (Å²) in [5.41, 5.74) is 9.67. The van der Waals surface area contributed by atoms with Gasteiger partial charge in [-0.25, -0.2) is 0 Å². The van der Waals surface area contributed by atoms with Crippen molar-refractivity contribution in [3.8, 4) is 5.75 Å². The molecular weight excluding hydrogens is 230 g/mol. The summed E-state index contributed by atoms with van der Waals surface area (Å²) < 4.78 is 5.67. The van der Waals surface area contributed by atoms with Gasteiger partial charge in [-0.15, -0.1) is 0 Å². The van der Waals surface area contributed by atoms with Gasteiger partial charge < -0.3 is 10.5 Å². The van der Waals surface area contributed by atoms with Crippen molar-refractivity contribution in [2.75, 3.05) is 12.4 Å². The quantitative estimate of drug-likeness (QED) is 0.758. The molecule has 0 aliphatic carbocycles. The third-order valence-electron chi connectivity index (χ3n) is 2.98. The second kappa shape index (κ2) is 3.58. The SMILES string of the molecule is NC1CSCc2c3c(cc(Cl)c21)CCO3. The van der Waals surface area contributed by atoms with E-state index in [2.05, 4.69) is 0 Å². The summed E-state index contributed by atoms with van der Waals surface area (Å²) in [5, 5.41) is 0.821. The van der Waals surface area contributed by atoms with Crippen LogP contribution in [-0.4, -0.2) is 12.4 Å². The first-order valence-electron chi connectivity index (χ1n) is 5.07. The maximum atomic E-state index is 6.28. The van der Waals surface area contributed by atoms with Gasteiger partial charge in [0.2, 0.25) is 0 Å². The molecule has 0 radical (unpaired) electrons. The molecule has 2 N–H and O–H groups in total. The average Bonchev–Trinajstić information content (AvgIpc) is 2.65. The Bertz CT molecular complexity index is 422. The largest absolute Gasteiger partial charge is 0.493 e. The van der Waals surface area contributed by atoms with Crippen LogP contribution in [0.25, 0.3) is 0 Å². The molecule has 0 amide bonds. The van der Waals surface area contributed by atoms with Gasteiger partial charge in [0.15, 0.2) is 0 Å². The van der Waals surface area contributed by atoms with Crippen LogP contribution in [0.5, 0.6) is 5.75 Å². The van der Waals surface area contributed by atoms with Gasteiger partial charge >= 0.3 is 0 Å². The van der Waals surface area contributed by atoms with E-state index in [4.69, 9.17) is 22.1 Å². The Balaban J connectivity index is 2.24. The van der Waals surface area contributed by atoms with Crippen LogP contribution in [0, 0.1) is 0 Å². The lowest BCUT2D eigenvalue weighted by Gasteiger charge is -2.24. The Morgan fingerprint density at radius 1 is 1.53 bits per heavy atom. The van der Waals surface area contributed by atoms with Crippen LogP contribution in [0.4, 0.5) is 0 Å². The van der Waals surface area contributed by atoms with E-state index in [0.29, 0.717) is 0 Å². The third-order valence-corrected chi connectivity index (χ3v) is 4.38. The van der Waals surface area contributed by atoms with Gasteiger partial charge in [0.05, 0.1) is 6.61 Å². The van der Waals surface area contributed by atoms with Crippen molar-refractivity contribution >= 4 is 23.4 Å². The van der Waals surface area contributed by atoms with Crippen molar-refractivity contribution in [1.29, 1.82) is 0 Å². The minimum Gasteiger partial charge on any atom is -0.493 e. The highest BCUT2D eigenvalue weighted by molar-refractivity contribution is 7.98.